The van der Waals surface area contributed by atoms with Crippen LogP contribution in [0, 0.1) is 6.92 Å². The third kappa shape index (κ3) is 5.57. The topological polar surface area (TPSA) is 141 Å². The van der Waals surface area contributed by atoms with Crippen molar-refractivity contribution in [2.75, 3.05) is 67.3 Å². The van der Waals surface area contributed by atoms with E-state index in [1.807, 2.05) is 24.0 Å². The van der Waals surface area contributed by atoms with Crippen LogP contribution in [0.4, 0.5) is 28.4 Å². The number of carbonyl (C=O) groups excluding carboxylic acids is 2. The number of benzene rings is 1. The molecule has 40 heavy (non-hydrogen) atoms. The monoisotopic (exact) mass is 547 g/mol. The van der Waals surface area contributed by atoms with Gasteiger partial charge in [0, 0.05) is 63.0 Å². The predicted octanol–water partition coefficient (Wildman–Crippen LogP) is 2.56. The number of anilines is 5. The van der Waals surface area contributed by atoms with Crippen LogP contribution in [-0.4, -0.2) is 79.2 Å². The minimum Gasteiger partial charge on any atom is -0.474 e. The van der Waals surface area contributed by atoms with Crippen LogP contribution < -0.4 is 31.1 Å². The van der Waals surface area contributed by atoms with Gasteiger partial charge in [-0.05, 0) is 44.2 Å². The lowest BCUT2D eigenvalue weighted by atomic mass is 10.1. The molecule has 12 heteroatoms. The maximum atomic E-state index is 13.3. The lowest BCUT2D eigenvalue weighted by Gasteiger charge is -2.37. The standard InChI is InChI=1S/C28H33N7O5/c1-17-22(16-31-27-24(17)29-10-15-40-27)33-21-8-9-30-25(36)23(21)26(37)32-19-4-6-20(7-5-19)34-11-13-35(14-12-34)28(38)18(2)39-3/h4-9,16,18,29H,10-15H2,1-3H3,(H,32,37)(H2,30,33,36). The molecule has 12 nitrogen and oxygen atoms in total. The molecule has 2 aliphatic rings. The molecule has 0 aliphatic carbocycles. The number of hydrogen-bond acceptors (Lipinski definition) is 9. The number of carbonyl (C=O) groups is 2. The van der Waals surface area contributed by atoms with Crippen molar-refractivity contribution in [3.63, 3.8) is 0 Å². The average Bonchev–Trinajstić information content (AvgIpc) is 2.98. The number of fused-ring (bicyclic) bond motifs is 1. The van der Waals surface area contributed by atoms with E-state index in [9.17, 15) is 14.4 Å². The maximum Gasteiger partial charge on any atom is 0.263 e. The van der Waals surface area contributed by atoms with Crippen LogP contribution in [0.15, 0.2) is 47.5 Å². The predicted molar refractivity (Wildman–Crippen MR) is 153 cm³/mol. The van der Waals surface area contributed by atoms with Crippen LogP contribution in [0.5, 0.6) is 5.88 Å². The Balaban J connectivity index is 1.26. The molecule has 2 aromatic heterocycles. The van der Waals surface area contributed by atoms with Gasteiger partial charge in [0.2, 0.25) is 5.88 Å². The first-order valence-electron chi connectivity index (χ1n) is 13.2. The van der Waals surface area contributed by atoms with Crippen molar-refractivity contribution in [2.24, 2.45) is 0 Å². The zero-order valence-electron chi connectivity index (χ0n) is 22.7. The molecule has 1 aromatic carbocycles. The Bertz CT molecular complexity index is 1450. The largest absolute Gasteiger partial charge is 0.474 e. The van der Waals surface area contributed by atoms with Gasteiger partial charge in [-0.3, -0.25) is 14.4 Å². The number of hydrogen-bond donors (Lipinski definition) is 4. The molecule has 2 aliphatic heterocycles. The van der Waals surface area contributed by atoms with Gasteiger partial charge in [0.1, 0.15) is 24.0 Å². The summed E-state index contributed by atoms with van der Waals surface area (Å²) in [7, 11) is 1.53. The minimum absolute atomic E-state index is 0.00583. The summed E-state index contributed by atoms with van der Waals surface area (Å²) >= 11 is 0. The van der Waals surface area contributed by atoms with Crippen molar-refractivity contribution in [2.45, 2.75) is 20.0 Å². The fraction of sp³-hybridized carbons (Fsp3) is 0.357. The van der Waals surface area contributed by atoms with Gasteiger partial charge in [0.05, 0.1) is 17.6 Å². The van der Waals surface area contributed by atoms with Crippen LogP contribution >= 0.6 is 0 Å². The zero-order chi connectivity index (χ0) is 28.2. The second-order valence-corrected chi connectivity index (χ2v) is 9.66. The molecule has 4 heterocycles. The number of H-pyrrole nitrogens is 1. The number of amides is 2. The first kappa shape index (κ1) is 27.0. The Morgan fingerprint density at radius 1 is 1.10 bits per heavy atom. The van der Waals surface area contributed by atoms with Crippen molar-refractivity contribution in [1.29, 1.82) is 0 Å². The van der Waals surface area contributed by atoms with Gasteiger partial charge >= 0.3 is 0 Å². The van der Waals surface area contributed by atoms with Gasteiger partial charge in [0.15, 0.2) is 0 Å². The van der Waals surface area contributed by atoms with E-state index in [-0.39, 0.29) is 11.5 Å². The van der Waals surface area contributed by atoms with E-state index >= 15 is 0 Å². The molecule has 0 radical (unpaired) electrons. The highest BCUT2D eigenvalue weighted by Crippen LogP contribution is 2.34. The highest BCUT2D eigenvalue weighted by molar-refractivity contribution is 6.08. The molecule has 3 aromatic rings. The van der Waals surface area contributed by atoms with Crippen molar-refractivity contribution < 1.29 is 19.1 Å². The Kier molecular flexibility index (Phi) is 7.87. The van der Waals surface area contributed by atoms with Crippen molar-refractivity contribution in [3.05, 3.63) is 64.2 Å². The van der Waals surface area contributed by atoms with Crippen molar-refractivity contribution in [1.82, 2.24) is 14.9 Å². The highest BCUT2D eigenvalue weighted by Gasteiger charge is 2.25. The van der Waals surface area contributed by atoms with Gasteiger partial charge in [-0.1, -0.05) is 0 Å². The fourth-order valence-corrected chi connectivity index (χ4v) is 4.79. The first-order chi connectivity index (χ1) is 19.4. The average molecular weight is 548 g/mol. The molecule has 1 unspecified atom stereocenters. The molecular formula is C28H33N7O5. The van der Waals surface area contributed by atoms with Gasteiger partial charge in [-0.15, -0.1) is 0 Å². The van der Waals surface area contributed by atoms with Crippen molar-refractivity contribution >= 4 is 40.3 Å². The number of nitrogens with zero attached hydrogens (tertiary/aromatic N) is 3. The molecule has 0 bridgehead atoms. The second-order valence-electron chi connectivity index (χ2n) is 9.66. The Labute approximate surface area is 231 Å². The molecular weight excluding hydrogens is 514 g/mol. The summed E-state index contributed by atoms with van der Waals surface area (Å²) in [5.41, 5.74) is 3.64. The molecule has 5 rings (SSSR count). The van der Waals surface area contributed by atoms with Crippen LogP contribution in [0.2, 0.25) is 0 Å². The summed E-state index contributed by atoms with van der Waals surface area (Å²) in [5, 5.41) is 9.30. The quantitative estimate of drug-likeness (QED) is 0.351. The lowest BCUT2D eigenvalue weighted by Crippen LogP contribution is -2.51. The van der Waals surface area contributed by atoms with Gasteiger partial charge in [-0.25, -0.2) is 4.98 Å². The first-order valence-corrected chi connectivity index (χ1v) is 13.2. The number of rotatable bonds is 7. The van der Waals surface area contributed by atoms with E-state index in [4.69, 9.17) is 9.47 Å². The number of nitrogens with one attached hydrogen (secondary N) is 4. The Hall–Kier alpha value is -4.58. The molecule has 1 atom stereocenters. The Morgan fingerprint density at radius 3 is 2.58 bits per heavy atom. The van der Waals surface area contributed by atoms with Gasteiger partial charge in [0.25, 0.3) is 17.4 Å². The number of pyridine rings is 2. The molecule has 4 N–H and O–H groups in total. The Morgan fingerprint density at radius 2 is 1.85 bits per heavy atom. The second kappa shape index (κ2) is 11.7. The maximum absolute atomic E-state index is 13.3. The van der Waals surface area contributed by atoms with Gasteiger partial charge < -0.3 is 40.2 Å². The summed E-state index contributed by atoms with van der Waals surface area (Å²) in [5.74, 6) is -0.0205. The number of methoxy groups -OCH3 is 1. The summed E-state index contributed by atoms with van der Waals surface area (Å²) in [4.78, 5) is 49.3. The molecule has 1 fully saturated rings. The van der Waals surface area contributed by atoms with Crippen molar-refractivity contribution in [3.8, 4) is 5.88 Å². The van der Waals surface area contributed by atoms with E-state index in [2.05, 4.69) is 30.8 Å². The summed E-state index contributed by atoms with van der Waals surface area (Å²) in [6.07, 6.45) is 2.66. The number of piperazine rings is 1. The molecule has 1 saturated heterocycles. The van der Waals surface area contributed by atoms with E-state index in [0.29, 0.717) is 62.3 Å². The minimum atomic E-state index is -0.540. The summed E-state index contributed by atoms with van der Waals surface area (Å²) in [6.45, 7) is 7.49. The number of aromatic nitrogens is 2. The van der Waals surface area contributed by atoms with E-state index in [0.717, 1.165) is 16.9 Å². The zero-order valence-corrected chi connectivity index (χ0v) is 22.7. The SMILES string of the molecule is COC(C)C(=O)N1CCN(c2ccc(NC(=O)c3c(Nc4cnc5c(c4C)NCCO5)cc[nH]c3=O)cc2)CC1. The molecule has 0 saturated carbocycles. The van der Waals surface area contributed by atoms with Crippen LogP contribution in [0.3, 0.4) is 0 Å². The fourth-order valence-electron chi connectivity index (χ4n) is 4.79. The van der Waals surface area contributed by atoms with E-state index < -0.39 is 17.6 Å². The summed E-state index contributed by atoms with van der Waals surface area (Å²) in [6, 6.07) is 9.06. The molecule has 2 amide bonds. The molecule has 210 valence electrons. The van der Waals surface area contributed by atoms with E-state index in [1.165, 1.54) is 13.3 Å². The normalized spacial score (nSPS) is 15.4. The van der Waals surface area contributed by atoms with E-state index in [1.54, 1.807) is 31.3 Å². The highest BCUT2D eigenvalue weighted by atomic mass is 16.5. The number of aromatic amines is 1. The summed E-state index contributed by atoms with van der Waals surface area (Å²) < 4.78 is 10.7. The molecule has 0 spiro atoms. The van der Waals surface area contributed by atoms with Crippen LogP contribution in [0.1, 0.15) is 22.8 Å². The smallest absolute Gasteiger partial charge is 0.263 e. The lowest BCUT2D eigenvalue weighted by molar-refractivity contribution is -0.141. The van der Waals surface area contributed by atoms with Gasteiger partial charge in [-0.2, -0.15) is 0 Å². The van der Waals surface area contributed by atoms with Crippen LogP contribution in [-0.2, 0) is 9.53 Å². The number of ether oxygens (including phenoxy) is 2. The third-order valence-electron chi connectivity index (χ3n) is 7.19. The third-order valence-corrected chi connectivity index (χ3v) is 7.19. The van der Waals surface area contributed by atoms with Crippen LogP contribution in [0.25, 0.3) is 0 Å².